The van der Waals surface area contributed by atoms with E-state index in [0.29, 0.717) is 19.1 Å². The molecule has 1 aromatic rings. The highest BCUT2D eigenvalue weighted by Gasteiger charge is 2.14. The molecule has 0 atom stereocenters. The molecule has 1 amide bonds. The van der Waals surface area contributed by atoms with Gasteiger partial charge in [0.25, 0.3) is 0 Å². The Bertz CT molecular complexity index is 440. The number of methoxy groups -OCH3 is 1. The summed E-state index contributed by atoms with van der Waals surface area (Å²) in [4.78, 5) is 12.0. The molecule has 0 heterocycles. The van der Waals surface area contributed by atoms with Crippen molar-refractivity contribution in [1.29, 1.82) is 0 Å². The molecule has 1 aliphatic rings. The van der Waals surface area contributed by atoms with E-state index in [0.717, 1.165) is 24.2 Å². The van der Waals surface area contributed by atoms with E-state index in [-0.39, 0.29) is 5.91 Å². The number of carbonyl (C=O) groups excluding carboxylic acids is 1. The van der Waals surface area contributed by atoms with Crippen LogP contribution in [-0.4, -0.2) is 25.6 Å². The van der Waals surface area contributed by atoms with Crippen molar-refractivity contribution in [3.05, 3.63) is 29.8 Å². The molecule has 0 aliphatic heterocycles. The second kappa shape index (κ2) is 8.67. The van der Waals surface area contributed by atoms with E-state index in [1.54, 1.807) is 7.11 Å². The average molecular weight is 290 g/mol. The van der Waals surface area contributed by atoms with Crippen LogP contribution in [0.25, 0.3) is 0 Å². The lowest BCUT2D eigenvalue weighted by atomic mass is 10.1. The highest BCUT2D eigenvalue weighted by Crippen LogP contribution is 2.17. The second-order valence-electron chi connectivity index (χ2n) is 5.67. The van der Waals surface area contributed by atoms with Crippen LogP contribution >= 0.6 is 0 Å². The molecule has 0 aromatic heterocycles. The number of carbonyl (C=O) groups is 1. The van der Waals surface area contributed by atoms with Gasteiger partial charge in [-0.3, -0.25) is 4.79 Å². The number of benzene rings is 1. The fourth-order valence-electron chi connectivity index (χ4n) is 2.86. The molecular weight excluding hydrogens is 264 g/mol. The summed E-state index contributed by atoms with van der Waals surface area (Å²) in [6, 6.07) is 8.23. The zero-order chi connectivity index (χ0) is 14.9. The molecule has 0 bridgehead atoms. The molecule has 0 saturated heterocycles. The molecule has 1 aliphatic carbocycles. The van der Waals surface area contributed by atoms with Gasteiger partial charge in [0.05, 0.1) is 13.7 Å². The van der Waals surface area contributed by atoms with Gasteiger partial charge in [-0.2, -0.15) is 0 Å². The summed E-state index contributed by atoms with van der Waals surface area (Å²) >= 11 is 0. The number of rotatable bonds is 6. The molecule has 0 unspecified atom stereocenters. The minimum absolute atomic E-state index is 0.0943. The van der Waals surface area contributed by atoms with Crippen LogP contribution in [0.5, 0.6) is 5.75 Å². The summed E-state index contributed by atoms with van der Waals surface area (Å²) < 4.78 is 5.30. The van der Waals surface area contributed by atoms with Gasteiger partial charge in [-0.1, -0.05) is 43.9 Å². The van der Waals surface area contributed by atoms with Gasteiger partial charge in [0.1, 0.15) is 5.75 Å². The Balaban J connectivity index is 1.71. The van der Waals surface area contributed by atoms with Crippen LogP contribution in [0.2, 0.25) is 0 Å². The topological polar surface area (TPSA) is 50.4 Å². The molecular formula is C17H26N2O2. The first-order valence-corrected chi connectivity index (χ1v) is 7.91. The molecule has 2 rings (SSSR count). The number of hydrogen-bond acceptors (Lipinski definition) is 3. The van der Waals surface area contributed by atoms with Crippen molar-refractivity contribution < 1.29 is 9.53 Å². The largest absolute Gasteiger partial charge is 0.496 e. The Hall–Kier alpha value is -1.55. The van der Waals surface area contributed by atoms with Gasteiger partial charge >= 0.3 is 0 Å². The number of nitrogens with one attached hydrogen (secondary N) is 2. The standard InChI is InChI=1S/C17H26N2O2/c1-21-16-11-7-6-8-14(16)12-18-13-17(20)19-15-9-4-2-3-5-10-15/h6-8,11,15,18H,2-5,9-10,12-13H2,1H3,(H,19,20). The Labute approximate surface area is 127 Å². The minimum Gasteiger partial charge on any atom is -0.496 e. The monoisotopic (exact) mass is 290 g/mol. The first-order chi connectivity index (χ1) is 10.3. The van der Waals surface area contributed by atoms with Crippen LogP contribution in [0.3, 0.4) is 0 Å². The fourth-order valence-corrected chi connectivity index (χ4v) is 2.86. The predicted octanol–water partition coefficient (Wildman–Crippen LogP) is 2.62. The Morgan fingerprint density at radius 2 is 1.90 bits per heavy atom. The summed E-state index contributed by atoms with van der Waals surface area (Å²) in [6.45, 7) is 0.997. The van der Waals surface area contributed by atoms with E-state index in [4.69, 9.17) is 4.74 Å². The average Bonchev–Trinajstić information content (AvgIpc) is 2.76. The first kappa shape index (κ1) is 15.8. The van der Waals surface area contributed by atoms with E-state index in [1.165, 1.54) is 25.7 Å². The molecule has 1 saturated carbocycles. The van der Waals surface area contributed by atoms with Gasteiger partial charge in [0, 0.05) is 18.2 Å². The molecule has 21 heavy (non-hydrogen) atoms. The fraction of sp³-hybridized carbons (Fsp3) is 0.588. The number of ether oxygens (including phenoxy) is 1. The maximum absolute atomic E-state index is 12.0. The highest BCUT2D eigenvalue weighted by molar-refractivity contribution is 5.78. The van der Waals surface area contributed by atoms with Crippen molar-refractivity contribution in [2.45, 2.75) is 51.1 Å². The lowest BCUT2D eigenvalue weighted by Gasteiger charge is -2.16. The summed E-state index contributed by atoms with van der Waals surface area (Å²) in [5, 5.41) is 6.33. The lowest BCUT2D eigenvalue weighted by molar-refractivity contribution is -0.121. The minimum atomic E-state index is 0.0943. The zero-order valence-electron chi connectivity index (χ0n) is 12.9. The molecule has 0 radical (unpaired) electrons. The van der Waals surface area contributed by atoms with Crippen LogP contribution < -0.4 is 15.4 Å². The van der Waals surface area contributed by atoms with Crippen molar-refractivity contribution in [3.63, 3.8) is 0 Å². The quantitative estimate of drug-likeness (QED) is 0.792. The molecule has 4 heteroatoms. The molecule has 2 N–H and O–H groups in total. The summed E-state index contributed by atoms with van der Waals surface area (Å²) in [5.41, 5.74) is 1.07. The third-order valence-corrected chi connectivity index (χ3v) is 4.01. The Morgan fingerprint density at radius 3 is 2.62 bits per heavy atom. The lowest BCUT2D eigenvalue weighted by Crippen LogP contribution is -2.40. The van der Waals surface area contributed by atoms with Crippen molar-refractivity contribution in [3.8, 4) is 5.75 Å². The number of amides is 1. The molecule has 4 nitrogen and oxygen atoms in total. The van der Waals surface area contributed by atoms with Crippen LogP contribution in [-0.2, 0) is 11.3 Å². The van der Waals surface area contributed by atoms with Gasteiger partial charge in [-0.15, -0.1) is 0 Å². The van der Waals surface area contributed by atoms with Crippen LogP contribution in [0.4, 0.5) is 0 Å². The van der Waals surface area contributed by atoms with Crippen molar-refractivity contribution >= 4 is 5.91 Å². The van der Waals surface area contributed by atoms with E-state index in [1.807, 2.05) is 24.3 Å². The Kier molecular flexibility index (Phi) is 6.54. The number of hydrogen-bond donors (Lipinski definition) is 2. The van der Waals surface area contributed by atoms with Crippen molar-refractivity contribution in [2.75, 3.05) is 13.7 Å². The molecule has 116 valence electrons. The van der Waals surface area contributed by atoms with Gasteiger partial charge in [0.15, 0.2) is 0 Å². The molecule has 1 aromatic carbocycles. The van der Waals surface area contributed by atoms with E-state index in [9.17, 15) is 4.79 Å². The first-order valence-electron chi connectivity index (χ1n) is 7.91. The summed E-state index contributed by atoms with van der Waals surface area (Å²) in [5.74, 6) is 0.950. The van der Waals surface area contributed by atoms with Gasteiger partial charge in [-0.05, 0) is 18.9 Å². The Morgan fingerprint density at radius 1 is 1.19 bits per heavy atom. The summed E-state index contributed by atoms with van der Waals surface area (Å²) in [6.07, 6.45) is 7.33. The maximum atomic E-state index is 12.0. The van der Waals surface area contributed by atoms with Crippen LogP contribution in [0, 0.1) is 0 Å². The van der Waals surface area contributed by atoms with Crippen molar-refractivity contribution in [1.82, 2.24) is 10.6 Å². The van der Waals surface area contributed by atoms with Gasteiger partial charge < -0.3 is 15.4 Å². The third kappa shape index (κ3) is 5.38. The molecule has 0 spiro atoms. The third-order valence-electron chi connectivity index (χ3n) is 4.01. The highest BCUT2D eigenvalue weighted by atomic mass is 16.5. The normalized spacial score (nSPS) is 16.2. The van der Waals surface area contributed by atoms with E-state index >= 15 is 0 Å². The summed E-state index contributed by atoms with van der Waals surface area (Å²) in [7, 11) is 1.66. The maximum Gasteiger partial charge on any atom is 0.234 e. The smallest absolute Gasteiger partial charge is 0.234 e. The SMILES string of the molecule is COc1ccccc1CNCC(=O)NC1CCCCCC1. The van der Waals surface area contributed by atoms with E-state index in [2.05, 4.69) is 10.6 Å². The van der Waals surface area contributed by atoms with Crippen LogP contribution in [0.15, 0.2) is 24.3 Å². The second-order valence-corrected chi connectivity index (χ2v) is 5.67. The number of para-hydroxylation sites is 1. The van der Waals surface area contributed by atoms with Gasteiger partial charge in [0.2, 0.25) is 5.91 Å². The zero-order valence-corrected chi connectivity index (χ0v) is 12.9. The van der Waals surface area contributed by atoms with Gasteiger partial charge in [-0.25, -0.2) is 0 Å². The van der Waals surface area contributed by atoms with Crippen molar-refractivity contribution in [2.24, 2.45) is 0 Å². The van der Waals surface area contributed by atoms with E-state index < -0.39 is 0 Å². The molecule has 1 fully saturated rings. The van der Waals surface area contributed by atoms with Crippen LogP contribution in [0.1, 0.15) is 44.1 Å². The predicted molar refractivity (Wildman–Crippen MR) is 84.3 cm³/mol.